The summed E-state index contributed by atoms with van der Waals surface area (Å²) in [6.45, 7) is 9.98. The highest BCUT2D eigenvalue weighted by Gasteiger charge is 2.04. The number of carbonyl (C=O) groups is 1. The molecule has 0 fully saturated rings. The summed E-state index contributed by atoms with van der Waals surface area (Å²) in [5.74, 6) is 0.665. The molecule has 1 amide bonds. The van der Waals surface area contributed by atoms with Gasteiger partial charge in [0, 0.05) is 13.1 Å². The second-order valence-corrected chi connectivity index (χ2v) is 4.66. The van der Waals surface area contributed by atoms with Gasteiger partial charge in [-0.15, -0.1) is 0 Å². The molecule has 20 heavy (non-hydrogen) atoms. The van der Waals surface area contributed by atoms with Crippen LogP contribution in [0.25, 0.3) is 0 Å². The van der Waals surface area contributed by atoms with Gasteiger partial charge in [-0.3, -0.25) is 4.79 Å². The number of aryl methyl sites for hydroxylation is 1. The molecule has 1 aromatic carbocycles. The van der Waals surface area contributed by atoms with Gasteiger partial charge < -0.3 is 15.0 Å². The van der Waals surface area contributed by atoms with Crippen molar-refractivity contribution >= 4 is 5.91 Å². The Morgan fingerprint density at radius 2 is 1.80 bits per heavy atom. The molecule has 4 nitrogen and oxygen atoms in total. The normalized spacial score (nSPS) is 10.6. The smallest absolute Gasteiger partial charge is 0.257 e. The molecule has 0 spiro atoms. The van der Waals surface area contributed by atoms with Crippen LogP contribution in [0.2, 0.25) is 0 Å². The fourth-order valence-corrected chi connectivity index (χ4v) is 1.91. The topological polar surface area (TPSA) is 41.6 Å². The molecular weight excluding hydrogens is 252 g/mol. The minimum atomic E-state index is -0.0725. The molecule has 0 aliphatic carbocycles. The number of nitrogens with zero attached hydrogens (tertiary/aromatic N) is 1. The maximum absolute atomic E-state index is 11.6. The summed E-state index contributed by atoms with van der Waals surface area (Å²) in [5.41, 5.74) is 1.26. The average Bonchev–Trinajstić information content (AvgIpc) is 2.50. The van der Waals surface area contributed by atoms with Gasteiger partial charge in [-0.25, -0.2) is 0 Å². The van der Waals surface area contributed by atoms with Crippen molar-refractivity contribution in [2.45, 2.75) is 27.2 Å². The molecule has 0 saturated heterocycles. The van der Waals surface area contributed by atoms with Crippen LogP contribution in [0.1, 0.15) is 26.3 Å². The Morgan fingerprint density at radius 1 is 1.15 bits per heavy atom. The first-order valence-electron chi connectivity index (χ1n) is 7.40. The SMILES string of the molecule is CCc1ccc(OCC(=O)NCCN(CC)CC)cc1. The minimum Gasteiger partial charge on any atom is -0.484 e. The van der Waals surface area contributed by atoms with Crippen molar-refractivity contribution in [2.24, 2.45) is 0 Å². The lowest BCUT2D eigenvalue weighted by molar-refractivity contribution is -0.123. The van der Waals surface area contributed by atoms with Crippen molar-refractivity contribution in [3.63, 3.8) is 0 Å². The summed E-state index contributed by atoms with van der Waals surface area (Å²) >= 11 is 0. The van der Waals surface area contributed by atoms with E-state index in [0.717, 1.165) is 31.8 Å². The molecule has 0 unspecified atom stereocenters. The van der Waals surface area contributed by atoms with Gasteiger partial charge in [0.1, 0.15) is 5.75 Å². The quantitative estimate of drug-likeness (QED) is 0.752. The third-order valence-corrected chi connectivity index (χ3v) is 3.35. The molecule has 1 rings (SSSR count). The van der Waals surface area contributed by atoms with Crippen LogP contribution in [0.3, 0.4) is 0 Å². The van der Waals surface area contributed by atoms with Crippen LogP contribution in [0.4, 0.5) is 0 Å². The number of hydrogen-bond acceptors (Lipinski definition) is 3. The van der Waals surface area contributed by atoms with Crippen molar-refractivity contribution in [3.8, 4) is 5.75 Å². The molecule has 0 aliphatic rings. The largest absolute Gasteiger partial charge is 0.484 e. The van der Waals surface area contributed by atoms with Crippen LogP contribution in [0.5, 0.6) is 5.75 Å². The summed E-state index contributed by atoms with van der Waals surface area (Å²) in [5, 5.41) is 2.87. The monoisotopic (exact) mass is 278 g/mol. The van der Waals surface area contributed by atoms with Gasteiger partial charge in [0.2, 0.25) is 0 Å². The van der Waals surface area contributed by atoms with E-state index in [1.165, 1.54) is 5.56 Å². The summed E-state index contributed by atoms with van der Waals surface area (Å²) in [7, 11) is 0. The van der Waals surface area contributed by atoms with E-state index in [0.29, 0.717) is 6.54 Å². The van der Waals surface area contributed by atoms with E-state index in [-0.39, 0.29) is 12.5 Å². The second-order valence-electron chi connectivity index (χ2n) is 4.66. The van der Waals surface area contributed by atoms with E-state index >= 15 is 0 Å². The number of hydrogen-bond donors (Lipinski definition) is 1. The summed E-state index contributed by atoms with van der Waals surface area (Å²) in [6, 6.07) is 7.85. The van der Waals surface area contributed by atoms with E-state index in [9.17, 15) is 4.79 Å². The summed E-state index contributed by atoms with van der Waals surface area (Å²) < 4.78 is 5.45. The lowest BCUT2D eigenvalue weighted by Gasteiger charge is -2.17. The molecule has 1 aromatic rings. The number of ether oxygens (including phenoxy) is 1. The molecule has 1 N–H and O–H groups in total. The van der Waals surface area contributed by atoms with Gasteiger partial charge >= 0.3 is 0 Å². The molecule has 0 saturated carbocycles. The Labute approximate surface area is 122 Å². The molecule has 0 radical (unpaired) electrons. The maximum atomic E-state index is 11.6. The first-order valence-corrected chi connectivity index (χ1v) is 7.40. The van der Waals surface area contributed by atoms with Crippen molar-refractivity contribution in [1.82, 2.24) is 10.2 Å². The molecular formula is C16H26N2O2. The Bertz CT molecular complexity index is 386. The van der Waals surface area contributed by atoms with Gasteiger partial charge in [-0.1, -0.05) is 32.9 Å². The van der Waals surface area contributed by atoms with E-state index in [1.807, 2.05) is 24.3 Å². The fraction of sp³-hybridized carbons (Fsp3) is 0.562. The van der Waals surface area contributed by atoms with Gasteiger partial charge in [0.25, 0.3) is 5.91 Å². The summed E-state index contributed by atoms with van der Waals surface area (Å²) in [4.78, 5) is 13.9. The van der Waals surface area contributed by atoms with Crippen molar-refractivity contribution in [3.05, 3.63) is 29.8 Å². The van der Waals surface area contributed by atoms with E-state index in [2.05, 4.69) is 31.0 Å². The van der Waals surface area contributed by atoms with Crippen molar-refractivity contribution in [1.29, 1.82) is 0 Å². The molecule has 0 aliphatic heterocycles. The Morgan fingerprint density at radius 3 is 2.35 bits per heavy atom. The zero-order valence-corrected chi connectivity index (χ0v) is 12.8. The van der Waals surface area contributed by atoms with Gasteiger partial charge in [0.15, 0.2) is 6.61 Å². The average molecular weight is 278 g/mol. The van der Waals surface area contributed by atoms with Gasteiger partial charge in [0.05, 0.1) is 0 Å². The predicted octanol–water partition coefficient (Wildman–Crippen LogP) is 2.09. The van der Waals surface area contributed by atoms with Crippen LogP contribution in [-0.2, 0) is 11.2 Å². The molecule has 112 valence electrons. The Kier molecular flexibility index (Phi) is 7.73. The highest BCUT2D eigenvalue weighted by Crippen LogP contribution is 2.12. The predicted molar refractivity (Wildman–Crippen MR) is 82.1 cm³/mol. The molecule has 0 aromatic heterocycles. The molecule has 0 bridgehead atoms. The number of likely N-dealkylation sites (N-methyl/N-ethyl adjacent to an activating group) is 1. The highest BCUT2D eigenvalue weighted by atomic mass is 16.5. The van der Waals surface area contributed by atoms with Crippen LogP contribution >= 0.6 is 0 Å². The maximum Gasteiger partial charge on any atom is 0.257 e. The number of rotatable bonds is 9. The zero-order valence-electron chi connectivity index (χ0n) is 12.8. The molecule has 4 heteroatoms. The minimum absolute atomic E-state index is 0.0725. The highest BCUT2D eigenvalue weighted by molar-refractivity contribution is 5.77. The Hall–Kier alpha value is -1.55. The van der Waals surface area contributed by atoms with Crippen LogP contribution < -0.4 is 10.1 Å². The lowest BCUT2D eigenvalue weighted by atomic mass is 10.2. The van der Waals surface area contributed by atoms with E-state index in [1.54, 1.807) is 0 Å². The van der Waals surface area contributed by atoms with Gasteiger partial charge in [-0.2, -0.15) is 0 Å². The van der Waals surface area contributed by atoms with Crippen molar-refractivity contribution in [2.75, 3.05) is 32.8 Å². The van der Waals surface area contributed by atoms with Crippen molar-refractivity contribution < 1.29 is 9.53 Å². The number of carbonyl (C=O) groups excluding carboxylic acids is 1. The number of benzene rings is 1. The third-order valence-electron chi connectivity index (χ3n) is 3.35. The van der Waals surface area contributed by atoms with E-state index in [4.69, 9.17) is 4.74 Å². The number of nitrogens with one attached hydrogen (secondary N) is 1. The first-order chi connectivity index (χ1) is 9.69. The van der Waals surface area contributed by atoms with Crippen LogP contribution in [0, 0.1) is 0 Å². The number of amides is 1. The Balaban J connectivity index is 2.22. The lowest BCUT2D eigenvalue weighted by Crippen LogP contribution is -2.36. The molecule has 0 atom stereocenters. The zero-order chi connectivity index (χ0) is 14.8. The molecule has 0 heterocycles. The second kappa shape index (κ2) is 9.37. The van der Waals surface area contributed by atoms with Gasteiger partial charge in [-0.05, 0) is 37.2 Å². The summed E-state index contributed by atoms with van der Waals surface area (Å²) in [6.07, 6.45) is 1.01. The van der Waals surface area contributed by atoms with Crippen LogP contribution in [-0.4, -0.2) is 43.6 Å². The van der Waals surface area contributed by atoms with Crippen LogP contribution in [0.15, 0.2) is 24.3 Å². The fourth-order valence-electron chi connectivity index (χ4n) is 1.91. The first kappa shape index (κ1) is 16.5. The third kappa shape index (κ3) is 6.06. The van der Waals surface area contributed by atoms with E-state index < -0.39 is 0 Å². The standard InChI is InChI=1S/C16H26N2O2/c1-4-14-7-9-15(10-8-14)20-13-16(19)17-11-12-18(5-2)6-3/h7-10H,4-6,11-13H2,1-3H3,(H,17,19).